The van der Waals surface area contributed by atoms with Gasteiger partial charge in [-0.15, -0.1) is 0 Å². The van der Waals surface area contributed by atoms with Crippen molar-refractivity contribution in [1.82, 2.24) is 9.84 Å². The normalized spacial score (nSPS) is 32.3. The van der Waals surface area contributed by atoms with Gasteiger partial charge in [0.1, 0.15) is 6.04 Å². The van der Waals surface area contributed by atoms with Crippen LogP contribution in [0.5, 0.6) is 0 Å². The lowest BCUT2D eigenvalue weighted by Gasteiger charge is -2.28. The van der Waals surface area contributed by atoms with E-state index in [4.69, 9.17) is 35.0 Å². The molecule has 3 amide bonds. The van der Waals surface area contributed by atoms with Gasteiger partial charge in [0, 0.05) is 18.2 Å². The van der Waals surface area contributed by atoms with Gasteiger partial charge in [0.05, 0.1) is 22.6 Å². The fraction of sp³-hybridized carbons (Fsp3) is 0.364. The Morgan fingerprint density at radius 2 is 2.00 bits per heavy atom. The first-order chi connectivity index (χ1) is 9.90. The number of hydrogen-bond acceptors (Lipinski definition) is 5. The minimum Gasteiger partial charge on any atom is -0.275 e. The fourth-order valence-electron chi connectivity index (χ4n) is 2.37. The number of carbonyl (C=O) groups is 3. The molecule has 0 aromatic heterocycles. The van der Waals surface area contributed by atoms with E-state index in [1.807, 2.05) is 0 Å². The lowest BCUT2D eigenvalue weighted by Crippen LogP contribution is -2.45. The second-order valence-corrected chi connectivity index (χ2v) is 5.81. The number of aliphatic imine (C=N–C) groups is 1. The van der Waals surface area contributed by atoms with E-state index < -0.39 is 35.6 Å². The van der Waals surface area contributed by atoms with Crippen molar-refractivity contribution in [2.75, 3.05) is 0 Å². The second kappa shape index (κ2) is 5.08. The number of hydrogen-bond donors (Lipinski definition) is 1. The van der Waals surface area contributed by atoms with Gasteiger partial charge in [0.2, 0.25) is 11.8 Å². The highest BCUT2D eigenvalue weighted by molar-refractivity contribution is 6.67. The lowest BCUT2D eigenvalue weighted by atomic mass is 9.90. The molecule has 0 aromatic rings. The van der Waals surface area contributed by atoms with Crippen molar-refractivity contribution in [2.24, 2.45) is 21.9 Å². The summed E-state index contributed by atoms with van der Waals surface area (Å²) in [7, 11) is 0. The number of dihydropyridines is 1. The standard InChI is InChI=1S/C11H7Cl3N4O3/c12-5-1-3-8(9(13)16-17-10(3)20)15-7(5)4-2-6(19)18(14)11(4)21/h1,3-4,8H,2H2,(H,17,20). The molecule has 3 rings (SSSR count). The zero-order chi connectivity index (χ0) is 15.3. The first-order valence-corrected chi connectivity index (χ1v) is 7.00. The van der Waals surface area contributed by atoms with Crippen LogP contribution >= 0.6 is 35.0 Å². The Labute approximate surface area is 133 Å². The molecule has 7 nitrogen and oxygen atoms in total. The van der Waals surface area contributed by atoms with Gasteiger partial charge in [-0.3, -0.25) is 19.4 Å². The third-order valence-corrected chi connectivity index (χ3v) is 4.41. The van der Waals surface area contributed by atoms with Crippen LogP contribution in [0.4, 0.5) is 0 Å². The summed E-state index contributed by atoms with van der Waals surface area (Å²) >= 11 is 17.6. The topological polar surface area (TPSA) is 91.2 Å². The van der Waals surface area contributed by atoms with E-state index in [1.165, 1.54) is 6.08 Å². The molecule has 0 aliphatic carbocycles. The predicted molar refractivity (Wildman–Crippen MR) is 75.9 cm³/mol. The number of nitrogens with zero attached hydrogens (tertiary/aromatic N) is 3. The van der Waals surface area contributed by atoms with Crippen molar-refractivity contribution in [3.63, 3.8) is 0 Å². The van der Waals surface area contributed by atoms with Gasteiger partial charge in [0.25, 0.3) is 5.91 Å². The van der Waals surface area contributed by atoms with E-state index >= 15 is 0 Å². The maximum atomic E-state index is 11.9. The molecule has 3 atom stereocenters. The van der Waals surface area contributed by atoms with Crippen LogP contribution in [0.2, 0.25) is 0 Å². The number of rotatable bonds is 1. The van der Waals surface area contributed by atoms with Crippen molar-refractivity contribution < 1.29 is 14.4 Å². The summed E-state index contributed by atoms with van der Waals surface area (Å²) in [4.78, 5) is 39.4. The molecular weight excluding hydrogens is 343 g/mol. The molecule has 0 spiro atoms. The number of halogens is 3. The average Bonchev–Trinajstić information content (AvgIpc) is 2.70. The maximum absolute atomic E-state index is 11.9. The van der Waals surface area contributed by atoms with Gasteiger partial charge in [-0.25, -0.2) is 5.43 Å². The molecule has 3 unspecified atom stereocenters. The molecule has 21 heavy (non-hydrogen) atoms. The van der Waals surface area contributed by atoms with Crippen molar-refractivity contribution in [3.05, 3.63) is 11.1 Å². The van der Waals surface area contributed by atoms with Crippen LogP contribution in [0.3, 0.4) is 0 Å². The third kappa shape index (κ3) is 2.25. The van der Waals surface area contributed by atoms with Gasteiger partial charge in [-0.1, -0.05) is 23.2 Å². The minimum absolute atomic E-state index is 0.0806. The summed E-state index contributed by atoms with van der Waals surface area (Å²) in [5.74, 6) is -3.07. The Bertz CT molecular complexity index is 657. The Hall–Kier alpha value is -1.44. The number of carbonyl (C=O) groups excluding carboxylic acids is 3. The molecule has 10 heteroatoms. The number of imide groups is 1. The number of allylic oxidation sites excluding steroid dienone is 1. The lowest BCUT2D eigenvalue weighted by molar-refractivity contribution is -0.133. The van der Waals surface area contributed by atoms with E-state index in [0.717, 1.165) is 0 Å². The Morgan fingerprint density at radius 3 is 2.62 bits per heavy atom. The van der Waals surface area contributed by atoms with Crippen LogP contribution in [0, 0.1) is 11.8 Å². The number of fused-ring (bicyclic) bond motifs is 1. The van der Waals surface area contributed by atoms with Gasteiger partial charge in [0.15, 0.2) is 5.17 Å². The van der Waals surface area contributed by atoms with E-state index in [2.05, 4.69) is 15.5 Å². The van der Waals surface area contributed by atoms with Crippen LogP contribution in [-0.4, -0.2) is 39.1 Å². The first kappa shape index (κ1) is 14.5. The van der Waals surface area contributed by atoms with Gasteiger partial charge in [-0.05, 0) is 6.08 Å². The summed E-state index contributed by atoms with van der Waals surface area (Å²) in [6, 6.07) is -0.745. The molecule has 1 saturated heterocycles. The van der Waals surface area contributed by atoms with Crippen LogP contribution < -0.4 is 5.43 Å². The highest BCUT2D eigenvalue weighted by Crippen LogP contribution is 2.33. The largest absolute Gasteiger partial charge is 0.275 e. The summed E-state index contributed by atoms with van der Waals surface area (Å²) in [5.41, 5.74) is 2.45. The van der Waals surface area contributed by atoms with E-state index in [0.29, 0.717) is 4.42 Å². The molecule has 110 valence electrons. The molecular formula is C11H7Cl3N4O3. The highest BCUT2D eigenvalue weighted by atomic mass is 35.5. The van der Waals surface area contributed by atoms with Crippen LogP contribution in [0.1, 0.15) is 6.42 Å². The fourth-order valence-corrected chi connectivity index (χ4v) is 3.10. The quantitative estimate of drug-likeness (QED) is 0.559. The molecule has 0 bridgehead atoms. The number of amides is 3. The summed E-state index contributed by atoms with van der Waals surface area (Å²) < 4.78 is 0.521. The van der Waals surface area contributed by atoms with Crippen molar-refractivity contribution in [1.29, 1.82) is 0 Å². The smallest absolute Gasteiger partial charge is 0.253 e. The van der Waals surface area contributed by atoms with Crippen LogP contribution in [-0.2, 0) is 14.4 Å². The van der Waals surface area contributed by atoms with Crippen molar-refractivity contribution in [3.8, 4) is 0 Å². The van der Waals surface area contributed by atoms with Crippen molar-refractivity contribution in [2.45, 2.75) is 12.5 Å². The number of nitrogens with one attached hydrogen (secondary N) is 1. The Morgan fingerprint density at radius 1 is 1.29 bits per heavy atom. The SMILES string of the molecule is O=C1NN=C(Cl)C2N=C(C3CC(=O)N(Cl)C3=O)C(Cl)=CC12. The summed E-state index contributed by atoms with van der Waals surface area (Å²) in [6.45, 7) is 0. The molecule has 0 radical (unpaired) electrons. The number of hydrazone groups is 1. The first-order valence-electron chi connectivity index (χ1n) is 5.91. The van der Waals surface area contributed by atoms with E-state index in [9.17, 15) is 14.4 Å². The van der Waals surface area contributed by atoms with Crippen LogP contribution in [0.25, 0.3) is 0 Å². The maximum Gasteiger partial charge on any atom is 0.253 e. The van der Waals surface area contributed by atoms with Gasteiger partial charge in [-0.2, -0.15) is 9.52 Å². The molecule has 3 aliphatic rings. The molecule has 1 N–H and O–H groups in total. The average molecular weight is 350 g/mol. The van der Waals surface area contributed by atoms with E-state index in [1.54, 1.807) is 0 Å². The zero-order valence-corrected chi connectivity index (χ0v) is 12.5. The molecule has 0 aromatic carbocycles. The van der Waals surface area contributed by atoms with Gasteiger partial charge >= 0.3 is 0 Å². The molecule has 3 heterocycles. The monoisotopic (exact) mass is 348 g/mol. The predicted octanol–water partition coefficient (Wildman–Crippen LogP) is 0.759. The molecule has 0 saturated carbocycles. The zero-order valence-electron chi connectivity index (χ0n) is 10.2. The summed E-state index contributed by atoms with van der Waals surface area (Å²) in [5, 5.41) is 3.86. The Kier molecular flexibility index (Phi) is 3.51. The van der Waals surface area contributed by atoms with Gasteiger partial charge < -0.3 is 0 Å². The van der Waals surface area contributed by atoms with Crippen molar-refractivity contribution >= 4 is 63.6 Å². The molecule has 1 fully saturated rings. The third-order valence-electron chi connectivity index (χ3n) is 3.43. The highest BCUT2D eigenvalue weighted by Gasteiger charge is 2.45. The second-order valence-electron chi connectivity index (χ2n) is 4.68. The van der Waals surface area contributed by atoms with Crippen LogP contribution in [0.15, 0.2) is 21.2 Å². The summed E-state index contributed by atoms with van der Waals surface area (Å²) in [6.07, 6.45) is 1.33. The Balaban J connectivity index is 1.99. The minimum atomic E-state index is -0.867. The van der Waals surface area contributed by atoms with E-state index in [-0.39, 0.29) is 22.3 Å². The molecule has 3 aliphatic heterocycles.